The fourth-order valence-corrected chi connectivity index (χ4v) is 0.810. The van der Waals surface area contributed by atoms with Crippen LogP contribution >= 0.6 is 0 Å². The van der Waals surface area contributed by atoms with Gasteiger partial charge in [0.25, 0.3) is 0 Å². The quantitative estimate of drug-likeness (QED) is 0.360. The summed E-state index contributed by atoms with van der Waals surface area (Å²) in [6.07, 6.45) is 0.618. The van der Waals surface area contributed by atoms with E-state index in [1.807, 2.05) is 0 Å². The molecule has 0 fully saturated rings. The molecule has 0 heterocycles. The molecule has 0 aromatic rings. The van der Waals surface area contributed by atoms with Crippen LogP contribution in [0.2, 0.25) is 0 Å². The Labute approximate surface area is 81.7 Å². The molecule has 2 amide bonds. The second-order valence-electron chi connectivity index (χ2n) is 2.57. The van der Waals surface area contributed by atoms with E-state index >= 15 is 0 Å². The van der Waals surface area contributed by atoms with Crippen LogP contribution < -0.4 is 10.6 Å². The predicted octanol–water partition coefficient (Wildman–Crippen LogP) is -1.08. The zero-order valence-electron chi connectivity index (χ0n) is 7.66. The molecule has 0 rings (SSSR count). The van der Waals surface area contributed by atoms with E-state index in [1.165, 1.54) is 0 Å². The summed E-state index contributed by atoms with van der Waals surface area (Å²) in [6, 6.07) is -0.975. The maximum atomic E-state index is 10.8. The summed E-state index contributed by atoms with van der Waals surface area (Å²) in [7, 11) is 0. The Hall–Kier alpha value is -1.59. The fraction of sp³-hybridized carbons (Fsp3) is 0.500. The summed E-state index contributed by atoms with van der Waals surface area (Å²) in [5, 5.41) is 13.2. The average molecular weight is 201 g/mol. The summed E-state index contributed by atoms with van der Waals surface area (Å²) in [4.78, 5) is 31.3. The average Bonchev–Trinajstić information content (AvgIpc) is 2.16. The number of carboxylic acids is 1. The van der Waals surface area contributed by atoms with Gasteiger partial charge in [0.05, 0.1) is 0 Å². The first-order chi connectivity index (χ1) is 6.61. The number of hydrogen-bond donors (Lipinski definition) is 3. The number of aliphatic carboxylic acids is 1. The van der Waals surface area contributed by atoms with Crippen LogP contribution in [-0.2, 0) is 14.4 Å². The third-order valence-corrected chi connectivity index (χ3v) is 1.52. The van der Waals surface area contributed by atoms with Crippen molar-refractivity contribution in [1.82, 2.24) is 10.6 Å². The minimum absolute atomic E-state index is 0.00904. The second kappa shape index (κ2) is 6.88. The maximum absolute atomic E-state index is 10.8. The van der Waals surface area contributed by atoms with Crippen LogP contribution in [0.1, 0.15) is 12.8 Å². The van der Waals surface area contributed by atoms with Gasteiger partial charge in [-0.3, -0.25) is 9.59 Å². The van der Waals surface area contributed by atoms with E-state index in [0.29, 0.717) is 6.41 Å². The minimum Gasteiger partial charge on any atom is -0.480 e. The molecule has 0 spiro atoms. The van der Waals surface area contributed by atoms with Crippen LogP contribution in [0.25, 0.3) is 0 Å². The summed E-state index contributed by atoms with van der Waals surface area (Å²) in [6.45, 7) is 3.52. The normalized spacial score (nSPS) is 11.5. The van der Waals surface area contributed by atoms with Gasteiger partial charge in [-0.05, 0) is 13.3 Å². The number of amides is 2. The van der Waals surface area contributed by atoms with E-state index in [2.05, 4.69) is 17.6 Å². The lowest BCUT2D eigenvalue weighted by Gasteiger charge is -2.13. The maximum Gasteiger partial charge on any atom is 0.326 e. The molecule has 0 aromatic carbocycles. The van der Waals surface area contributed by atoms with Crippen molar-refractivity contribution in [3.8, 4) is 0 Å². The number of carbonyl (C=O) groups is 3. The first kappa shape index (κ1) is 12.4. The zero-order valence-corrected chi connectivity index (χ0v) is 7.66. The molecule has 6 heteroatoms. The zero-order chi connectivity index (χ0) is 11.0. The number of hydrogen-bond acceptors (Lipinski definition) is 3. The Kier molecular flexibility index (Phi) is 6.09. The second-order valence-corrected chi connectivity index (χ2v) is 2.57. The van der Waals surface area contributed by atoms with Crippen molar-refractivity contribution in [1.29, 1.82) is 0 Å². The van der Waals surface area contributed by atoms with Gasteiger partial charge in [-0.1, -0.05) is 0 Å². The molecule has 0 aliphatic rings. The van der Waals surface area contributed by atoms with Gasteiger partial charge >= 0.3 is 5.97 Å². The van der Waals surface area contributed by atoms with Crippen molar-refractivity contribution in [2.45, 2.75) is 18.9 Å². The van der Waals surface area contributed by atoms with Crippen molar-refractivity contribution >= 4 is 18.3 Å². The highest BCUT2D eigenvalue weighted by Crippen LogP contribution is 1.92. The lowest BCUT2D eigenvalue weighted by Crippen LogP contribution is -2.42. The van der Waals surface area contributed by atoms with Crippen LogP contribution in [0.3, 0.4) is 0 Å². The van der Waals surface area contributed by atoms with E-state index in [1.54, 1.807) is 0 Å². The summed E-state index contributed by atoms with van der Waals surface area (Å²) in [5.74, 6) is -1.55. The van der Waals surface area contributed by atoms with Gasteiger partial charge in [-0.2, -0.15) is 0 Å². The van der Waals surface area contributed by atoms with Crippen molar-refractivity contribution in [2.24, 2.45) is 0 Å². The van der Waals surface area contributed by atoms with Crippen LogP contribution in [0, 0.1) is 6.92 Å². The molecule has 0 aliphatic carbocycles. The minimum atomic E-state index is -1.13. The van der Waals surface area contributed by atoms with Crippen LogP contribution in [-0.4, -0.2) is 36.0 Å². The molecular weight excluding hydrogens is 188 g/mol. The molecule has 14 heavy (non-hydrogen) atoms. The van der Waals surface area contributed by atoms with Gasteiger partial charge < -0.3 is 15.7 Å². The summed E-state index contributed by atoms with van der Waals surface area (Å²) >= 11 is 0. The Bertz CT molecular complexity index is 217. The molecule has 0 saturated carbocycles. The molecule has 1 radical (unpaired) electrons. The number of nitrogens with one attached hydrogen (secondary N) is 2. The largest absolute Gasteiger partial charge is 0.480 e. The smallest absolute Gasteiger partial charge is 0.326 e. The van der Waals surface area contributed by atoms with Gasteiger partial charge in [-0.15, -0.1) is 0 Å². The summed E-state index contributed by atoms with van der Waals surface area (Å²) < 4.78 is 0. The molecule has 1 unspecified atom stereocenters. The van der Waals surface area contributed by atoms with Crippen molar-refractivity contribution < 1.29 is 19.5 Å². The van der Waals surface area contributed by atoms with Gasteiger partial charge in [0.2, 0.25) is 12.3 Å². The Balaban J connectivity index is 3.95. The van der Waals surface area contributed by atoms with Gasteiger partial charge in [0.1, 0.15) is 6.04 Å². The predicted molar refractivity (Wildman–Crippen MR) is 48.2 cm³/mol. The van der Waals surface area contributed by atoms with E-state index in [4.69, 9.17) is 5.11 Å². The number of carbonyl (C=O) groups excluding carboxylic acids is 2. The van der Waals surface area contributed by atoms with Gasteiger partial charge in [0, 0.05) is 13.0 Å². The lowest BCUT2D eigenvalue weighted by atomic mass is 10.2. The standard InChI is InChI=1S/C8H13N2O4/c1-2-7(12)10-6(8(13)14)3-4-9-5-11/h5-6H,1-4H2,(H,9,11)(H,10,12)(H,13,14). The van der Waals surface area contributed by atoms with E-state index in [-0.39, 0.29) is 19.4 Å². The molecule has 79 valence electrons. The number of rotatable bonds is 7. The summed E-state index contributed by atoms with van der Waals surface area (Å²) in [5.41, 5.74) is 0. The highest BCUT2D eigenvalue weighted by atomic mass is 16.4. The molecule has 6 nitrogen and oxygen atoms in total. The van der Waals surface area contributed by atoms with Crippen molar-refractivity contribution in [3.63, 3.8) is 0 Å². The molecule has 0 bridgehead atoms. The van der Waals surface area contributed by atoms with Crippen LogP contribution in [0.15, 0.2) is 0 Å². The van der Waals surface area contributed by atoms with E-state index < -0.39 is 17.9 Å². The topological polar surface area (TPSA) is 95.5 Å². The highest BCUT2D eigenvalue weighted by molar-refractivity contribution is 5.83. The SMILES string of the molecule is [CH2]CC(=O)NC(CCNC=O)C(=O)O. The molecule has 0 aromatic heterocycles. The molecule has 1 atom stereocenters. The van der Waals surface area contributed by atoms with Crippen LogP contribution in [0.4, 0.5) is 0 Å². The van der Waals surface area contributed by atoms with Gasteiger partial charge in [0.15, 0.2) is 0 Å². The molecule has 0 aliphatic heterocycles. The third kappa shape index (κ3) is 5.13. The lowest BCUT2D eigenvalue weighted by molar-refractivity contribution is -0.141. The van der Waals surface area contributed by atoms with E-state index in [9.17, 15) is 14.4 Å². The molecular formula is C8H13N2O4. The Morgan fingerprint density at radius 1 is 1.50 bits per heavy atom. The third-order valence-electron chi connectivity index (χ3n) is 1.52. The molecule has 0 saturated heterocycles. The van der Waals surface area contributed by atoms with E-state index in [0.717, 1.165) is 0 Å². The molecule has 3 N–H and O–H groups in total. The Morgan fingerprint density at radius 3 is 2.57 bits per heavy atom. The van der Waals surface area contributed by atoms with Gasteiger partial charge in [-0.25, -0.2) is 4.79 Å². The van der Waals surface area contributed by atoms with Crippen molar-refractivity contribution in [3.05, 3.63) is 6.92 Å². The fourth-order valence-electron chi connectivity index (χ4n) is 0.810. The highest BCUT2D eigenvalue weighted by Gasteiger charge is 2.18. The van der Waals surface area contributed by atoms with Crippen LogP contribution in [0.5, 0.6) is 0 Å². The first-order valence-corrected chi connectivity index (χ1v) is 4.10. The van der Waals surface area contributed by atoms with Crippen molar-refractivity contribution in [2.75, 3.05) is 6.54 Å². The Morgan fingerprint density at radius 2 is 2.14 bits per heavy atom. The first-order valence-electron chi connectivity index (χ1n) is 4.10. The monoisotopic (exact) mass is 201 g/mol. The number of carboxylic acid groups (broad SMARTS) is 1.